The summed E-state index contributed by atoms with van der Waals surface area (Å²) in [6.45, 7) is 3.76. The zero-order valence-corrected chi connectivity index (χ0v) is 35.7. The first-order chi connectivity index (χ1) is 27.5. The number of ether oxygens (including phenoxy) is 4. The van der Waals surface area contributed by atoms with E-state index >= 15 is 0 Å². The summed E-state index contributed by atoms with van der Waals surface area (Å²) in [5, 5.41) is 26.5. The maximum atomic E-state index is 13.0. The molecule has 0 bridgehead atoms. The van der Waals surface area contributed by atoms with Crippen molar-refractivity contribution in [3.05, 3.63) is 52.9 Å². The molecule has 5 N–H and O–H groups in total. The molecule has 0 saturated carbocycles. The molecule has 1 aromatic carbocycles. The van der Waals surface area contributed by atoms with E-state index in [0.29, 0.717) is 28.6 Å². The van der Waals surface area contributed by atoms with Gasteiger partial charge >= 0.3 is 7.82 Å². The Bertz CT molecular complexity index is 1650. The second-order valence-electron chi connectivity index (χ2n) is 15.2. The fraction of sp³-hybridized carbons (Fsp3) is 0.707. The van der Waals surface area contributed by atoms with Gasteiger partial charge in [0.1, 0.15) is 47.6 Å². The summed E-state index contributed by atoms with van der Waals surface area (Å²) < 4.78 is 48.4. The molecule has 3 heterocycles. The number of benzene rings is 1. The standard InChI is InChI=1S/C41H66ClN4O10P/c1-4-5-6-7-8-9-10-11-12-13-14-15-16-17-18-19-24-52-27-32(53-26-31-20-22-35(51-3)33(42)25-31)28-54-57(49,50)55-29-36-38(47)39(48)41(2,56-36)37-23-21-34-40(43)44-30-45-46(34)37/h20-23,25,30,32,36,38-39,47-48H,4-19,24,26-29H2,1-3H3,(H,49,50)(H2,43,44,45)/t32-,36-,38-,39-,41+/m1/s1. The number of aliphatic hydroxyl groups excluding tert-OH is 2. The van der Waals surface area contributed by atoms with E-state index in [2.05, 4.69) is 17.0 Å². The highest BCUT2D eigenvalue weighted by molar-refractivity contribution is 7.47. The van der Waals surface area contributed by atoms with Gasteiger partial charge < -0.3 is 39.8 Å². The number of halogens is 1. The molecule has 6 atom stereocenters. The minimum Gasteiger partial charge on any atom is -0.495 e. The molecule has 0 radical (unpaired) electrons. The second kappa shape index (κ2) is 24.7. The highest BCUT2D eigenvalue weighted by Gasteiger charge is 2.54. The van der Waals surface area contributed by atoms with Crippen LogP contribution in [0.1, 0.15) is 128 Å². The molecule has 1 unspecified atom stereocenters. The number of hydrogen-bond donors (Lipinski definition) is 4. The first-order valence-electron chi connectivity index (χ1n) is 20.7. The van der Waals surface area contributed by atoms with Crippen LogP contribution in [-0.2, 0) is 40.0 Å². The van der Waals surface area contributed by atoms with E-state index in [1.807, 2.05) is 6.07 Å². The number of aliphatic hydroxyl groups is 2. The summed E-state index contributed by atoms with van der Waals surface area (Å²) in [6.07, 6.45) is 17.1. The lowest BCUT2D eigenvalue weighted by molar-refractivity contribution is -0.0901. The second-order valence-corrected chi connectivity index (χ2v) is 17.1. The molecule has 1 saturated heterocycles. The third kappa shape index (κ3) is 15.0. The SMILES string of the molecule is CCCCCCCCCCCCCCCCCCOC[C@H](COP(=O)(O)OC[C@H]1O[C@@](C)(c2ccc3c(N)ncnn23)[C@H](O)[C@@H]1O)OCc1ccc(OC)c(Cl)c1. The van der Waals surface area contributed by atoms with Crippen molar-refractivity contribution in [2.24, 2.45) is 0 Å². The molecular weight excluding hydrogens is 775 g/mol. The Balaban J connectivity index is 1.18. The predicted octanol–water partition coefficient (Wildman–Crippen LogP) is 8.31. The van der Waals surface area contributed by atoms with Gasteiger partial charge in [-0.05, 0) is 43.2 Å². The number of unbranched alkanes of at least 4 members (excludes halogenated alkanes) is 15. The highest BCUT2D eigenvalue weighted by Crippen LogP contribution is 2.46. The summed E-state index contributed by atoms with van der Waals surface area (Å²) in [4.78, 5) is 14.6. The Hall–Kier alpha value is -2.36. The molecule has 2 aromatic heterocycles. The van der Waals surface area contributed by atoms with Gasteiger partial charge in [-0.2, -0.15) is 5.10 Å². The normalized spacial score (nSPS) is 21.3. The maximum Gasteiger partial charge on any atom is 0.472 e. The molecule has 1 aliphatic heterocycles. The van der Waals surface area contributed by atoms with E-state index in [9.17, 15) is 19.7 Å². The minimum atomic E-state index is -4.67. The van der Waals surface area contributed by atoms with Crippen molar-refractivity contribution in [3.8, 4) is 5.75 Å². The van der Waals surface area contributed by atoms with Crippen molar-refractivity contribution in [1.29, 1.82) is 0 Å². The first kappa shape index (κ1) is 47.3. The van der Waals surface area contributed by atoms with Gasteiger partial charge in [-0.25, -0.2) is 14.1 Å². The summed E-state index contributed by atoms with van der Waals surface area (Å²) in [6, 6.07) is 8.60. The van der Waals surface area contributed by atoms with Gasteiger partial charge in [-0.3, -0.25) is 9.05 Å². The summed E-state index contributed by atoms with van der Waals surface area (Å²) in [5.74, 6) is 0.761. The fourth-order valence-corrected chi connectivity index (χ4v) is 8.21. The van der Waals surface area contributed by atoms with Crippen molar-refractivity contribution in [3.63, 3.8) is 0 Å². The highest BCUT2D eigenvalue weighted by atomic mass is 35.5. The van der Waals surface area contributed by atoms with Crippen LogP contribution in [-0.4, -0.2) is 87.7 Å². The first-order valence-corrected chi connectivity index (χ1v) is 22.6. The lowest BCUT2D eigenvalue weighted by Gasteiger charge is -2.27. The fourth-order valence-electron chi connectivity index (χ4n) is 7.16. The molecular formula is C41H66ClN4O10P. The molecule has 0 aliphatic carbocycles. The lowest BCUT2D eigenvalue weighted by atomic mass is 9.93. The van der Waals surface area contributed by atoms with E-state index in [0.717, 1.165) is 24.8 Å². The topological polar surface area (TPSA) is 189 Å². The molecule has 16 heteroatoms. The van der Waals surface area contributed by atoms with E-state index in [4.69, 9.17) is 45.3 Å². The number of rotatable bonds is 30. The van der Waals surface area contributed by atoms with Crippen LogP contribution in [0, 0.1) is 0 Å². The van der Waals surface area contributed by atoms with E-state index in [1.54, 1.807) is 31.2 Å². The van der Waals surface area contributed by atoms with Crippen molar-refractivity contribution in [2.75, 3.05) is 39.3 Å². The van der Waals surface area contributed by atoms with Gasteiger partial charge in [0, 0.05) is 6.61 Å². The van der Waals surface area contributed by atoms with Crippen LogP contribution in [0.15, 0.2) is 36.7 Å². The molecule has 4 rings (SSSR count). The van der Waals surface area contributed by atoms with E-state index in [-0.39, 0.29) is 25.6 Å². The predicted molar refractivity (Wildman–Crippen MR) is 220 cm³/mol. The Morgan fingerprint density at radius 1 is 0.930 bits per heavy atom. The Morgan fingerprint density at radius 3 is 2.18 bits per heavy atom. The number of nitrogens with two attached hydrogens (primary N) is 1. The minimum absolute atomic E-state index is 0.122. The van der Waals surface area contributed by atoms with Gasteiger partial charge in [0.15, 0.2) is 5.82 Å². The van der Waals surface area contributed by atoms with E-state index < -0.39 is 44.4 Å². The molecule has 1 fully saturated rings. The zero-order valence-electron chi connectivity index (χ0n) is 34.1. The lowest BCUT2D eigenvalue weighted by Crippen LogP contribution is -2.39. The monoisotopic (exact) mass is 840 g/mol. The third-order valence-electron chi connectivity index (χ3n) is 10.6. The van der Waals surface area contributed by atoms with Crippen molar-refractivity contribution >= 4 is 30.8 Å². The third-order valence-corrected chi connectivity index (χ3v) is 11.9. The van der Waals surface area contributed by atoms with Crippen LogP contribution in [0.4, 0.5) is 5.82 Å². The number of nitrogens with zero attached hydrogens (tertiary/aromatic N) is 3. The van der Waals surface area contributed by atoms with Gasteiger partial charge in [-0.15, -0.1) is 0 Å². The largest absolute Gasteiger partial charge is 0.495 e. The van der Waals surface area contributed by atoms with Gasteiger partial charge in [-0.1, -0.05) is 121 Å². The van der Waals surface area contributed by atoms with Crippen molar-refractivity contribution in [2.45, 2.75) is 153 Å². The van der Waals surface area contributed by atoms with Crippen LogP contribution < -0.4 is 10.5 Å². The number of methoxy groups -OCH3 is 1. The van der Waals surface area contributed by atoms with Crippen LogP contribution in [0.3, 0.4) is 0 Å². The molecule has 14 nitrogen and oxygen atoms in total. The summed E-state index contributed by atoms with van der Waals surface area (Å²) in [7, 11) is -3.14. The molecule has 0 amide bonds. The molecule has 0 spiro atoms. The van der Waals surface area contributed by atoms with Crippen LogP contribution in [0.2, 0.25) is 5.02 Å². The number of aromatic nitrogens is 3. The maximum absolute atomic E-state index is 13.0. The average molecular weight is 841 g/mol. The summed E-state index contributed by atoms with van der Waals surface area (Å²) in [5.41, 5.74) is 6.17. The molecule has 1 aliphatic rings. The zero-order chi connectivity index (χ0) is 41.1. The number of fused-ring (bicyclic) bond motifs is 1. The number of hydrogen-bond acceptors (Lipinski definition) is 12. The van der Waals surface area contributed by atoms with Crippen molar-refractivity contribution < 1.29 is 47.7 Å². The van der Waals surface area contributed by atoms with E-state index in [1.165, 1.54) is 101 Å². The van der Waals surface area contributed by atoms with Gasteiger partial charge in [0.2, 0.25) is 0 Å². The summed E-state index contributed by atoms with van der Waals surface area (Å²) >= 11 is 6.30. The quantitative estimate of drug-likeness (QED) is 0.0371. The van der Waals surface area contributed by atoms with Crippen LogP contribution in [0.25, 0.3) is 5.52 Å². The number of phosphoric acid groups is 1. The van der Waals surface area contributed by atoms with Gasteiger partial charge in [0.05, 0.1) is 44.3 Å². The molecule has 322 valence electrons. The Labute approximate surface area is 343 Å². The van der Waals surface area contributed by atoms with Crippen molar-refractivity contribution in [1.82, 2.24) is 14.6 Å². The Kier molecular flexibility index (Phi) is 20.5. The smallest absolute Gasteiger partial charge is 0.472 e. The molecule has 3 aromatic rings. The van der Waals surface area contributed by atoms with Crippen LogP contribution in [0.5, 0.6) is 5.75 Å². The number of anilines is 1. The Morgan fingerprint density at radius 2 is 1.56 bits per heavy atom. The average Bonchev–Trinajstić information content (AvgIpc) is 3.74. The number of phosphoric ester groups is 1. The van der Waals surface area contributed by atoms with Crippen LogP contribution >= 0.6 is 19.4 Å². The van der Waals surface area contributed by atoms with Gasteiger partial charge in [0.25, 0.3) is 0 Å². The molecule has 57 heavy (non-hydrogen) atoms. The number of nitrogen functional groups attached to an aromatic ring is 1.